The SMILES string of the molecule is NS(=O)(=O)c1ccc(CCNC(=O)C(=O)NC[C@H](c2ccco2)N2CCN(c3ccccc3F)CC2)cc1. The Labute approximate surface area is 220 Å². The molecule has 4 rings (SSSR count). The second-order valence-electron chi connectivity index (χ2n) is 8.91. The molecule has 1 fully saturated rings. The molecule has 0 unspecified atom stereocenters. The molecule has 0 bridgehead atoms. The highest BCUT2D eigenvalue weighted by Gasteiger charge is 2.28. The first-order chi connectivity index (χ1) is 18.2. The van der Waals surface area contributed by atoms with Gasteiger partial charge in [-0.1, -0.05) is 24.3 Å². The third kappa shape index (κ3) is 6.97. The molecule has 4 N–H and O–H groups in total. The van der Waals surface area contributed by atoms with E-state index in [1.54, 1.807) is 42.7 Å². The van der Waals surface area contributed by atoms with Gasteiger partial charge in [-0.05, 0) is 48.4 Å². The predicted molar refractivity (Wildman–Crippen MR) is 139 cm³/mol. The van der Waals surface area contributed by atoms with Crippen LogP contribution in [-0.4, -0.2) is 64.4 Å². The quantitative estimate of drug-likeness (QED) is 0.347. The van der Waals surface area contributed by atoms with E-state index in [1.807, 2.05) is 11.0 Å². The fourth-order valence-corrected chi connectivity index (χ4v) is 4.90. The maximum absolute atomic E-state index is 14.2. The molecular weight excluding hydrogens is 513 g/mol. The lowest BCUT2D eigenvalue weighted by atomic mass is 10.1. The number of benzene rings is 2. The number of furan rings is 1. The van der Waals surface area contributed by atoms with Gasteiger partial charge in [-0.25, -0.2) is 17.9 Å². The van der Waals surface area contributed by atoms with Gasteiger partial charge >= 0.3 is 11.8 Å². The third-order valence-corrected chi connectivity index (χ3v) is 7.36. The lowest BCUT2D eigenvalue weighted by Crippen LogP contribution is -2.51. The zero-order valence-electron chi connectivity index (χ0n) is 20.7. The van der Waals surface area contributed by atoms with E-state index in [2.05, 4.69) is 15.5 Å². The summed E-state index contributed by atoms with van der Waals surface area (Å²) in [6, 6.07) is 16.0. The number of nitrogens with one attached hydrogen (secondary N) is 2. The van der Waals surface area contributed by atoms with Gasteiger partial charge in [0.05, 0.1) is 22.9 Å². The van der Waals surface area contributed by atoms with Gasteiger partial charge in [0.15, 0.2) is 0 Å². The maximum Gasteiger partial charge on any atom is 0.309 e. The number of hydrogen-bond donors (Lipinski definition) is 3. The Morgan fingerprint density at radius 2 is 1.63 bits per heavy atom. The van der Waals surface area contributed by atoms with E-state index in [0.717, 1.165) is 5.56 Å². The Balaban J connectivity index is 1.27. The number of anilines is 1. The molecule has 1 atom stereocenters. The number of nitrogens with two attached hydrogens (primary N) is 1. The smallest absolute Gasteiger partial charge is 0.309 e. The molecule has 0 spiro atoms. The Morgan fingerprint density at radius 1 is 0.947 bits per heavy atom. The molecule has 2 amide bonds. The fourth-order valence-electron chi connectivity index (χ4n) is 4.39. The van der Waals surface area contributed by atoms with Crippen molar-refractivity contribution >= 4 is 27.5 Å². The topological polar surface area (TPSA) is 138 Å². The number of nitrogens with zero attached hydrogens (tertiary/aromatic N) is 2. The second kappa shape index (κ2) is 12.2. The van der Waals surface area contributed by atoms with Crippen molar-refractivity contribution in [1.82, 2.24) is 15.5 Å². The maximum atomic E-state index is 14.2. The monoisotopic (exact) mass is 543 g/mol. The Bertz CT molecular complexity index is 1340. The largest absolute Gasteiger partial charge is 0.468 e. The molecule has 0 aliphatic carbocycles. The van der Waals surface area contributed by atoms with Crippen LogP contribution in [0.4, 0.5) is 10.1 Å². The van der Waals surface area contributed by atoms with Crippen molar-refractivity contribution in [2.45, 2.75) is 17.4 Å². The van der Waals surface area contributed by atoms with Crippen molar-refractivity contribution in [2.75, 3.05) is 44.2 Å². The summed E-state index contributed by atoms with van der Waals surface area (Å²) in [7, 11) is -3.77. The molecule has 0 radical (unpaired) electrons. The van der Waals surface area contributed by atoms with E-state index in [-0.39, 0.29) is 29.8 Å². The van der Waals surface area contributed by atoms with E-state index in [1.165, 1.54) is 18.2 Å². The number of primary sulfonamides is 1. The summed E-state index contributed by atoms with van der Waals surface area (Å²) < 4.78 is 42.5. The molecule has 3 aromatic rings. The first-order valence-corrected chi connectivity index (χ1v) is 13.7. The fraction of sp³-hybridized carbons (Fsp3) is 0.308. The molecule has 1 saturated heterocycles. The predicted octanol–water partition coefficient (Wildman–Crippen LogP) is 1.40. The highest BCUT2D eigenvalue weighted by Crippen LogP contribution is 2.25. The molecular formula is C26H30FN5O5S. The van der Waals surface area contributed by atoms with Crippen molar-refractivity contribution < 1.29 is 26.8 Å². The molecule has 10 nitrogen and oxygen atoms in total. The van der Waals surface area contributed by atoms with Gasteiger partial charge in [0.25, 0.3) is 0 Å². The Morgan fingerprint density at radius 3 is 2.26 bits per heavy atom. The minimum Gasteiger partial charge on any atom is -0.468 e. The van der Waals surface area contributed by atoms with Crippen molar-refractivity contribution in [1.29, 1.82) is 0 Å². The minimum absolute atomic E-state index is 0.00409. The number of amides is 2. The van der Waals surface area contributed by atoms with Gasteiger partial charge in [0, 0.05) is 39.3 Å². The average molecular weight is 544 g/mol. The van der Waals surface area contributed by atoms with Gasteiger partial charge in [-0.3, -0.25) is 14.5 Å². The van der Waals surface area contributed by atoms with Crippen LogP contribution >= 0.6 is 0 Å². The molecule has 1 aliphatic rings. The minimum atomic E-state index is -3.77. The summed E-state index contributed by atoms with van der Waals surface area (Å²) in [4.78, 5) is 28.9. The van der Waals surface area contributed by atoms with E-state index < -0.39 is 21.8 Å². The van der Waals surface area contributed by atoms with E-state index in [4.69, 9.17) is 9.56 Å². The summed E-state index contributed by atoms with van der Waals surface area (Å²) >= 11 is 0. The second-order valence-corrected chi connectivity index (χ2v) is 10.5. The molecule has 1 aliphatic heterocycles. The highest BCUT2D eigenvalue weighted by atomic mass is 32.2. The summed E-state index contributed by atoms with van der Waals surface area (Å²) in [5.74, 6) is -1.14. The van der Waals surface area contributed by atoms with Crippen molar-refractivity contribution in [2.24, 2.45) is 5.14 Å². The first-order valence-electron chi connectivity index (χ1n) is 12.2. The zero-order chi connectivity index (χ0) is 27.1. The molecule has 2 heterocycles. The number of rotatable bonds is 9. The van der Waals surface area contributed by atoms with Gasteiger partial charge in [0.1, 0.15) is 11.6 Å². The number of carbonyl (C=O) groups excluding carboxylic acids is 2. The Kier molecular flexibility index (Phi) is 8.77. The molecule has 202 valence electrons. The lowest BCUT2D eigenvalue weighted by Gasteiger charge is -2.39. The number of hydrogen-bond acceptors (Lipinski definition) is 7. The summed E-state index contributed by atoms with van der Waals surface area (Å²) in [5, 5.41) is 10.3. The third-order valence-electron chi connectivity index (χ3n) is 6.43. The Hall–Kier alpha value is -3.74. The van der Waals surface area contributed by atoms with Crippen LogP contribution in [0.3, 0.4) is 0 Å². The van der Waals surface area contributed by atoms with E-state index in [0.29, 0.717) is 44.0 Å². The van der Waals surface area contributed by atoms with Crippen molar-refractivity contribution in [3.8, 4) is 0 Å². The van der Waals surface area contributed by atoms with Crippen LogP contribution in [0, 0.1) is 5.82 Å². The van der Waals surface area contributed by atoms with Gasteiger partial charge in [0.2, 0.25) is 10.0 Å². The molecule has 1 aromatic heterocycles. The van der Waals surface area contributed by atoms with Crippen LogP contribution in [0.25, 0.3) is 0 Å². The van der Waals surface area contributed by atoms with Crippen LogP contribution in [0.15, 0.2) is 76.2 Å². The first kappa shape index (κ1) is 27.3. The van der Waals surface area contributed by atoms with Crippen LogP contribution in [0.1, 0.15) is 17.4 Å². The molecule has 38 heavy (non-hydrogen) atoms. The van der Waals surface area contributed by atoms with Crippen molar-refractivity contribution in [3.63, 3.8) is 0 Å². The number of halogens is 1. The standard InChI is InChI=1S/C26H30FN5O5S/c27-21-4-1-2-5-22(21)31-13-15-32(16-14-31)23(24-6-3-17-37-24)18-30-26(34)25(33)29-12-11-19-7-9-20(10-8-19)38(28,35)36/h1-10,17,23H,11-16,18H2,(H,29,33)(H,30,34)(H2,28,35,36)/t23-/m1/s1. The van der Waals surface area contributed by atoms with Crippen LogP contribution in [-0.2, 0) is 26.0 Å². The van der Waals surface area contributed by atoms with Crippen molar-refractivity contribution in [3.05, 3.63) is 84.1 Å². The summed E-state index contributed by atoms with van der Waals surface area (Å²) in [5.41, 5.74) is 1.34. The van der Waals surface area contributed by atoms with Crippen LogP contribution in [0.2, 0.25) is 0 Å². The number of carbonyl (C=O) groups is 2. The van der Waals surface area contributed by atoms with Crippen LogP contribution in [0.5, 0.6) is 0 Å². The molecule has 2 aromatic carbocycles. The van der Waals surface area contributed by atoms with E-state index in [9.17, 15) is 22.4 Å². The number of para-hydroxylation sites is 1. The van der Waals surface area contributed by atoms with E-state index >= 15 is 0 Å². The van der Waals surface area contributed by atoms with Crippen LogP contribution < -0.4 is 20.7 Å². The zero-order valence-corrected chi connectivity index (χ0v) is 21.5. The van der Waals surface area contributed by atoms with Gasteiger partial charge in [-0.15, -0.1) is 0 Å². The number of piperazine rings is 1. The molecule has 0 saturated carbocycles. The average Bonchev–Trinajstić information content (AvgIpc) is 3.44. The molecule has 12 heteroatoms. The van der Waals surface area contributed by atoms with Gasteiger partial charge in [-0.2, -0.15) is 0 Å². The number of sulfonamides is 1. The lowest BCUT2D eigenvalue weighted by molar-refractivity contribution is -0.139. The van der Waals surface area contributed by atoms with Gasteiger partial charge < -0.3 is 20.0 Å². The summed E-state index contributed by atoms with van der Waals surface area (Å²) in [6.45, 7) is 2.79. The highest BCUT2D eigenvalue weighted by molar-refractivity contribution is 7.89. The summed E-state index contributed by atoms with van der Waals surface area (Å²) in [6.07, 6.45) is 1.97. The normalized spacial score (nSPS) is 15.2.